The number of carbonyl (C=O) groups excluding carboxylic acids is 1. The highest BCUT2D eigenvalue weighted by Crippen LogP contribution is 2.59. The molecule has 1 aromatic rings. The molecule has 3 aliphatic rings. The van der Waals surface area contributed by atoms with E-state index in [1.807, 2.05) is 32.0 Å². The van der Waals surface area contributed by atoms with E-state index in [0.29, 0.717) is 24.5 Å². The lowest BCUT2D eigenvalue weighted by molar-refractivity contribution is -0.166. The van der Waals surface area contributed by atoms with Gasteiger partial charge < -0.3 is 28.4 Å². The van der Waals surface area contributed by atoms with Crippen molar-refractivity contribution in [2.45, 2.75) is 89.5 Å². The molecule has 36 heavy (non-hydrogen) atoms. The van der Waals surface area contributed by atoms with Crippen molar-refractivity contribution >= 4 is 12.0 Å². The van der Waals surface area contributed by atoms with Gasteiger partial charge in [0.25, 0.3) is 0 Å². The Bertz CT molecular complexity index is 1000. The first-order valence-corrected chi connectivity index (χ1v) is 12.8. The van der Waals surface area contributed by atoms with Gasteiger partial charge >= 0.3 is 5.97 Å². The maximum Gasteiger partial charge on any atom is 0.331 e. The van der Waals surface area contributed by atoms with Crippen molar-refractivity contribution in [1.82, 2.24) is 0 Å². The van der Waals surface area contributed by atoms with Gasteiger partial charge in [-0.15, -0.1) is 0 Å². The summed E-state index contributed by atoms with van der Waals surface area (Å²) in [7, 11) is 3.28. The molecule has 0 amide bonds. The van der Waals surface area contributed by atoms with Gasteiger partial charge in [0, 0.05) is 13.2 Å². The van der Waals surface area contributed by atoms with E-state index in [1.54, 1.807) is 20.3 Å². The molecule has 4 rings (SSSR count). The number of carbonyl (C=O) groups is 1. The molecule has 7 heteroatoms. The van der Waals surface area contributed by atoms with Gasteiger partial charge in [-0.3, -0.25) is 0 Å². The largest absolute Gasteiger partial charge is 0.493 e. The summed E-state index contributed by atoms with van der Waals surface area (Å²) in [5.41, 5.74) is 1.49. The zero-order valence-corrected chi connectivity index (χ0v) is 22.5. The van der Waals surface area contributed by atoms with Crippen molar-refractivity contribution < 1.29 is 33.2 Å². The Labute approximate surface area is 214 Å². The zero-order valence-electron chi connectivity index (χ0n) is 22.5. The van der Waals surface area contributed by atoms with Crippen LogP contribution in [0.15, 0.2) is 35.9 Å². The summed E-state index contributed by atoms with van der Waals surface area (Å²) in [6.45, 7) is 10.9. The lowest BCUT2D eigenvalue weighted by Crippen LogP contribution is -2.55. The third-order valence-corrected chi connectivity index (χ3v) is 7.47. The molecule has 0 aromatic heterocycles. The molecule has 0 N–H and O–H groups in total. The summed E-state index contributed by atoms with van der Waals surface area (Å²) in [6, 6.07) is 5.55. The van der Waals surface area contributed by atoms with Gasteiger partial charge in [-0.1, -0.05) is 17.7 Å². The highest BCUT2D eigenvalue weighted by atomic mass is 16.6. The second-order valence-corrected chi connectivity index (χ2v) is 10.8. The minimum atomic E-state index is -0.404. The quantitative estimate of drug-likeness (QED) is 0.191. The number of benzene rings is 1. The molecule has 198 valence electrons. The number of hydrogen-bond acceptors (Lipinski definition) is 7. The second kappa shape index (κ2) is 10.6. The lowest BCUT2D eigenvalue weighted by atomic mass is 9.68. The first kappa shape index (κ1) is 26.7. The monoisotopic (exact) mass is 500 g/mol. The topological polar surface area (TPSA) is 79.1 Å². The first-order chi connectivity index (χ1) is 17.1. The molecule has 2 heterocycles. The minimum Gasteiger partial charge on any atom is -0.493 e. The summed E-state index contributed by atoms with van der Waals surface area (Å²) in [4.78, 5) is 12.8. The van der Waals surface area contributed by atoms with Crippen molar-refractivity contribution in [1.29, 1.82) is 0 Å². The van der Waals surface area contributed by atoms with E-state index in [0.717, 1.165) is 18.4 Å². The second-order valence-electron chi connectivity index (χ2n) is 10.8. The van der Waals surface area contributed by atoms with Crippen LogP contribution < -0.4 is 9.47 Å². The summed E-state index contributed by atoms with van der Waals surface area (Å²) in [6.07, 6.45) is 7.21. The van der Waals surface area contributed by atoms with Crippen LogP contribution in [0.3, 0.4) is 0 Å². The molecule has 6 atom stereocenters. The van der Waals surface area contributed by atoms with E-state index >= 15 is 0 Å². The van der Waals surface area contributed by atoms with Crippen LogP contribution in [0.2, 0.25) is 0 Å². The highest BCUT2D eigenvalue weighted by molar-refractivity contribution is 5.87. The fourth-order valence-corrected chi connectivity index (χ4v) is 5.57. The van der Waals surface area contributed by atoms with Crippen molar-refractivity contribution in [3.8, 4) is 11.5 Å². The van der Waals surface area contributed by atoms with Crippen LogP contribution in [0.5, 0.6) is 11.5 Å². The summed E-state index contributed by atoms with van der Waals surface area (Å²) < 4.78 is 35.3. The van der Waals surface area contributed by atoms with Gasteiger partial charge in [0.1, 0.15) is 23.4 Å². The van der Waals surface area contributed by atoms with E-state index in [4.69, 9.17) is 28.4 Å². The van der Waals surface area contributed by atoms with E-state index in [-0.39, 0.29) is 41.5 Å². The molecular weight excluding hydrogens is 460 g/mol. The van der Waals surface area contributed by atoms with Crippen LogP contribution in [-0.4, -0.2) is 62.4 Å². The number of methoxy groups -OCH3 is 2. The van der Waals surface area contributed by atoms with E-state index in [1.165, 1.54) is 11.6 Å². The number of allylic oxidation sites excluding steroid dienone is 1. The maximum atomic E-state index is 12.8. The Morgan fingerprint density at radius 1 is 1.22 bits per heavy atom. The Morgan fingerprint density at radius 3 is 2.58 bits per heavy atom. The fourth-order valence-electron chi connectivity index (χ4n) is 5.57. The minimum absolute atomic E-state index is 0.00146. The predicted molar refractivity (Wildman–Crippen MR) is 137 cm³/mol. The normalized spacial score (nSPS) is 33.0. The van der Waals surface area contributed by atoms with Gasteiger partial charge in [-0.2, -0.15) is 0 Å². The van der Waals surface area contributed by atoms with Gasteiger partial charge in [-0.05, 0) is 77.7 Å². The highest BCUT2D eigenvalue weighted by Gasteiger charge is 2.72. The maximum absolute atomic E-state index is 12.8. The molecule has 0 bridgehead atoms. The molecule has 1 aromatic carbocycles. The number of esters is 1. The Balaban J connectivity index is 1.44. The van der Waals surface area contributed by atoms with Gasteiger partial charge in [0.05, 0.1) is 31.8 Å². The Hall–Kier alpha value is -2.35. The molecule has 0 radical (unpaired) electrons. The third kappa shape index (κ3) is 5.63. The van der Waals surface area contributed by atoms with Crippen LogP contribution in [0, 0.1) is 5.92 Å². The van der Waals surface area contributed by atoms with Crippen LogP contribution in [0.25, 0.3) is 6.08 Å². The van der Waals surface area contributed by atoms with Crippen molar-refractivity contribution in [3.63, 3.8) is 0 Å². The molecule has 1 spiro atoms. The summed E-state index contributed by atoms with van der Waals surface area (Å²) in [5.74, 6) is 0.874. The molecule has 1 aliphatic carbocycles. The average Bonchev–Trinajstić information content (AvgIpc) is 3.74. The number of ether oxygens (including phenoxy) is 6. The van der Waals surface area contributed by atoms with Crippen LogP contribution in [0.1, 0.15) is 59.4 Å². The molecule has 1 saturated carbocycles. The molecular formula is C29H40O7. The van der Waals surface area contributed by atoms with Gasteiger partial charge in [0.15, 0.2) is 11.5 Å². The smallest absolute Gasteiger partial charge is 0.331 e. The van der Waals surface area contributed by atoms with Crippen LogP contribution in [-0.2, 0) is 23.7 Å². The number of hydrogen-bond donors (Lipinski definition) is 0. The van der Waals surface area contributed by atoms with Crippen LogP contribution >= 0.6 is 0 Å². The predicted octanol–water partition coefficient (Wildman–Crippen LogP) is 5.12. The standard InChI is InChI=1S/C29H40O7/c1-18(2)8-12-24-28(5,36-24)27-26(32-7)22(14-15-29(27)17-33-29)35-25(30)13-10-20-9-11-21(31-6)23(16-20)34-19(3)4/h8-11,13,16,19,22,24,26-27H,12,14-15,17H2,1-7H3/b13-10+/t22-,24?,26-,27-,28?,29+/m1/s1. The van der Waals surface area contributed by atoms with E-state index in [2.05, 4.69) is 26.8 Å². The number of rotatable bonds is 10. The average molecular weight is 501 g/mol. The van der Waals surface area contributed by atoms with Gasteiger partial charge in [-0.25, -0.2) is 4.79 Å². The molecule has 7 nitrogen and oxygen atoms in total. The van der Waals surface area contributed by atoms with Crippen LogP contribution in [0.4, 0.5) is 0 Å². The fraction of sp³-hybridized carbons (Fsp3) is 0.621. The van der Waals surface area contributed by atoms with E-state index < -0.39 is 5.97 Å². The third-order valence-electron chi connectivity index (χ3n) is 7.47. The molecule has 2 aliphatic heterocycles. The zero-order chi connectivity index (χ0) is 26.1. The van der Waals surface area contributed by atoms with Crippen molar-refractivity contribution in [2.75, 3.05) is 20.8 Å². The molecule has 2 unspecified atom stereocenters. The van der Waals surface area contributed by atoms with Gasteiger partial charge in [0.2, 0.25) is 0 Å². The van der Waals surface area contributed by atoms with Crippen molar-refractivity contribution in [3.05, 3.63) is 41.5 Å². The molecule has 3 fully saturated rings. The Morgan fingerprint density at radius 2 is 1.97 bits per heavy atom. The molecule has 2 saturated heterocycles. The Kier molecular flexibility index (Phi) is 7.83. The summed E-state index contributed by atoms with van der Waals surface area (Å²) in [5, 5.41) is 0. The van der Waals surface area contributed by atoms with E-state index in [9.17, 15) is 4.79 Å². The number of epoxide rings is 2. The first-order valence-electron chi connectivity index (χ1n) is 12.8. The lowest BCUT2D eigenvalue weighted by Gasteiger charge is -2.42. The SMILES string of the molecule is COc1ccc(/C=C/C(=O)O[C@@H]2CC[C@]3(CO3)[C@@H](C3(C)OC3CC=C(C)C)[C@@H]2OC)cc1OC(C)C. The van der Waals surface area contributed by atoms with Crippen molar-refractivity contribution in [2.24, 2.45) is 5.92 Å². The summed E-state index contributed by atoms with van der Waals surface area (Å²) >= 11 is 0.